The number of rotatable bonds is 8. The van der Waals surface area contributed by atoms with Crippen LogP contribution in [0.5, 0.6) is 0 Å². The van der Waals surface area contributed by atoms with Crippen molar-refractivity contribution in [3.8, 4) is 0 Å². The number of carboxylic acid groups (broad SMARTS) is 1. The largest absolute Gasteiger partial charge is 0.480 e. The quantitative estimate of drug-likeness (QED) is 0.458. The third kappa shape index (κ3) is 7.07. The van der Waals surface area contributed by atoms with E-state index in [0.29, 0.717) is 0 Å². The minimum absolute atomic E-state index is 0.0861. The van der Waals surface area contributed by atoms with E-state index >= 15 is 0 Å². The molecule has 106 valence electrons. The minimum atomic E-state index is -3.39. The summed E-state index contributed by atoms with van der Waals surface area (Å²) < 4.78 is 24.7. The normalized spacial score (nSPS) is 12.8. The number of nitrogens with one attached hydrogen (secondary N) is 3. The zero-order valence-electron chi connectivity index (χ0n) is 10.4. The Kier molecular flexibility index (Phi) is 7.29. The van der Waals surface area contributed by atoms with E-state index in [1.54, 1.807) is 13.8 Å². The van der Waals surface area contributed by atoms with Crippen molar-refractivity contribution in [2.24, 2.45) is 0 Å². The third-order valence-corrected chi connectivity index (χ3v) is 3.50. The van der Waals surface area contributed by atoms with E-state index in [9.17, 15) is 18.0 Å². The van der Waals surface area contributed by atoms with Crippen LogP contribution in [0.2, 0.25) is 0 Å². The highest BCUT2D eigenvalue weighted by molar-refractivity contribution is 7.89. The lowest BCUT2D eigenvalue weighted by molar-refractivity contribution is -0.139. The van der Waals surface area contributed by atoms with Crippen LogP contribution in [-0.2, 0) is 14.8 Å². The number of amides is 2. The molecule has 0 aromatic rings. The molecule has 0 unspecified atom stereocenters. The fourth-order valence-corrected chi connectivity index (χ4v) is 2.09. The standard InChI is InChI=1S/C9H19N3O5S/c1-3-7(8(13)14)12-9(15)10-5-6-18(16,17)11-4-2/h7,11H,3-6H2,1-2H3,(H,13,14)(H2,10,12,15)/t7-/m0/s1. The second kappa shape index (κ2) is 7.88. The maximum absolute atomic E-state index is 11.3. The number of hydrogen-bond acceptors (Lipinski definition) is 4. The number of carbonyl (C=O) groups is 2. The molecule has 0 saturated heterocycles. The molecule has 0 radical (unpaired) electrons. The summed E-state index contributed by atoms with van der Waals surface area (Å²) in [7, 11) is -3.39. The zero-order chi connectivity index (χ0) is 14.2. The average Bonchev–Trinajstić information content (AvgIpc) is 2.24. The van der Waals surface area contributed by atoms with Crippen LogP contribution < -0.4 is 15.4 Å². The Morgan fingerprint density at radius 2 is 1.89 bits per heavy atom. The average molecular weight is 281 g/mol. The number of sulfonamides is 1. The lowest BCUT2D eigenvalue weighted by atomic mass is 10.2. The van der Waals surface area contributed by atoms with E-state index in [1.165, 1.54) is 0 Å². The van der Waals surface area contributed by atoms with E-state index in [2.05, 4.69) is 15.4 Å². The maximum Gasteiger partial charge on any atom is 0.326 e. The van der Waals surface area contributed by atoms with Gasteiger partial charge in [-0.25, -0.2) is 22.7 Å². The van der Waals surface area contributed by atoms with E-state index in [0.717, 1.165) is 0 Å². The predicted octanol–water partition coefficient (Wildman–Crippen LogP) is -0.912. The molecular formula is C9H19N3O5S. The van der Waals surface area contributed by atoms with Gasteiger partial charge in [0.25, 0.3) is 0 Å². The number of carbonyl (C=O) groups excluding carboxylic acids is 1. The zero-order valence-corrected chi connectivity index (χ0v) is 11.2. The summed E-state index contributed by atoms with van der Waals surface area (Å²) in [5, 5.41) is 13.2. The van der Waals surface area contributed by atoms with Crippen molar-refractivity contribution in [3.63, 3.8) is 0 Å². The Morgan fingerprint density at radius 3 is 2.33 bits per heavy atom. The molecule has 0 heterocycles. The smallest absolute Gasteiger partial charge is 0.326 e. The van der Waals surface area contributed by atoms with Gasteiger partial charge in [0.2, 0.25) is 10.0 Å². The molecule has 2 amide bonds. The molecule has 0 aromatic carbocycles. The van der Waals surface area contributed by atoms with Crippen molar-refractivity contribution in [2.45, 2.75) is 26.3 Å². The van der Waals surface area contributed by atoms with Crippen molar-refractivity contribution in [2.75, 3.05) is 18.8 Å². The van der Waals surface area contributed by atoms with Gasteiger partial charge in [0, 0.05) is 13.1 Å². The first-order chi connectivity index (χ1) is 8.32. The van der Waals surface area contributed by atoms with Crippen molar-refractivity contribution in [3.05, 3.63) is 0 Å². The number of carboxylic acids is 1. The van der Waals surface area contributed by atoms with Crippen LogP contribution in [0.4, 0.5) is 4.79 Å². The molecule has 4 N–H and O–H groups in total. The second-order valence-corrected chi connectivity index (χ2v) is 5.44. The first-order valence-corrected chi connectivity index (χ1v) is 7.22. The van der Waals surface area contributed by atoms with Gasteiger partial charge in [-0.3, -0.25) is 0 Å². The fourth-order valence-electron chi connectivity index (χ4n) is 1.14. The molecule has 9 heteroatoms. The summed E-state index contributed by atoms with van der Waals surface area (Å²) >= 11 is 0. The summed E-state index contributed by atoms with van der Waals surface area (Å²) in [5.41, 5.74) is 0. The number of aliphatic carboxylic acids is 1. The molecule has 0 aliphatic rings. The molecule has 0 aliphatic carbocycles. The predicted molar refractivity (Wildman–Crippen MR) is 65.7 cm³/mol. The van der Waals surface area contributed by atoms with E-state index in [4.69, 9.17) is 5.11 Å². The summed E-state index contributed by atoms with van der Waals surface area (Å²) in [5.74, 6) is -1.38. The van der Waals surface area contributed by atoms with Gasteiger partial charge in [-0.15, -0.1) is 0 Å². The van der Waals surface area contributed by atoms with Gasteiger partial charge < -0.3 is 15.7 Å². The molecule has 0 rings (SSSR count). The second-order valence-electron chi connectivity index (χ2n) is 3.52. The van der Waals surface area contributed by atoms with Gasteiger partial charge in [-0.1, -0.05) is 13.8 Å². The Balaban J connectivity index is 4.01. The Morgan fingerprint density at radius 1 is 1.28 bits per heavy atom. The van der Waals surface area contributed by atoms with Gasteiger partial charge in [-0.05, 0) is 6.42 Å². The van der Waals surface area contributed by atoms with Gasteiger partial charge >= 0.3 is 12.0 Å². The van der Waals surface area contributed by atoms with E-state index in [1.807, 2.05) is 0 Å². The molecule has 0 saturated carbocycles. The van der Waals surface area contributed by atoms with Crippen LogP contribution in [0.25, 0.3) is 0 Å². The SMILES string of the molecule is CCNS(=O)(=O)CCNC(=O)N[C@@H](CC)C(=O)O. The van der Waals surface area contributed by atoms with Crippen molar-refractivity contribution < 1.29 is 23.1 Å². The lowest BCUT2D eigenvalue weighted by Gasteiger charge is -2.13. The molecule has 0 spiro atoms. The van der Waals surface area contributed by atoms with Crippen molar-refractivity contribution in [1.29, 1.82) is 0 Å². The minimum Gasteiger partial charge on any atom is -0.480 e. The highest BCUT2D eigenvalue weighted by Gasteiger charge is 2.17. The van der Waals surface area contributed by atoms with Crippen LogP contribution in [0, 0.1) is 0 Å². The highest BCUT2D eigenvalue weighted by Crippen LogP contribution is 1.90. The van der Waals surface area contributed by atoms with Gasteiger partial charge in [-0.2, -0.15) is 0 Å². The molecule has 18 heavy (non-hydrogen) atoms. The van der Waals surface area contributed by atoms with Crippen LogP contribution in [0.15, 0.2) is 0 Å². The summed E-state index contributed by atoms with van der Waals surface area (Å²) in [6, 6.07) is -1.67. The topological polar surface area (TPSA) is 125 Å². The third-order valence-electron chi connectivity index (χ3n) is 2.03. The number of hydrogen-bond donors (Lipinski definition) is 4. The van der Waals surface area contributed by atoms with Gasteiger partial charge in [0.05, 0.1) is 5.75 Å². The van der Waals surface area contributed by atoms with E-state index in [-0.39, 0.29) is 25.3 Å². The summed E-state index contributed by atoms with van der Waals surface area (Å²) in [6.45, 7) is 3.47. The number of urea groups is 1. The van der Waals surface area contributed by atoms with Crippen LogP contribution in [0.3, 0.4) is 0 Å². The van der Waals surface area contributed by atoms with Crippen LogP contribution >= 0.6 is 0 Å². The van der Waals surface area contributed by atoms with Gasteiger partial charge in [0.15, 0.2) is 0 Å². The van der Waals surface area contributed by atoms with Gasteiger partial charge in [0.1, 0.15) is 6.04 Å². The maximum atomic E-state index is 11.3. The molecular weight excluding hydrogens is 262 g/mol. The van der Waals surface area contributed by atoms with E-state index < -0.39 is 28.1 Å². The monoisotopic (exact) mass is 281 g/mol. The molecule has 0 bridgehead atoms. The van der Waals surface area contributed by atoms with Crippen molar-refractivity contribution >= 4 is 22.0 Å². The molecule has 1 atom stereocenters. The molecule has 0 fully saturated rings. The summed E-state index contributed by atoms with van der Waals surface area (Å²) in [6.07, 6.45) is 0.248. The molecule has 0 aromatic heterocycles. The fraction of sp³-hybridized carbons (Fsp3) is 0.778. The highest BCUT2D eigenvalue weighted by atomic mass is 32.2. The Bertz CT molecular complexity index is 382. The van der Waals surface area contributed by atoms with Crippen molar-refractivity contribution in [1.82, 2.24) is 15.4 Å². The summed E-state index contributed by atoms with van der Waals surface area (Å²) in [4.78, 5) is 21.9. The van der Waals surface area contributed by atoms with Crippen LogP contribution in [-0.4, -0.2) is 50.4 Å². The molecule has 8 nitrogen and oxygen atoms in total. The van der Waals surface area contributed by atoms with Crippen LogP contribution in [0.1, 0.15) is 20.3 Å². The lowest BCUT2D eigenvalue weighted by Crippen LogP contribution is -2.47. The Hall–Kier alpha value is -1.35. The Labute approximate surface area is 106 Å². The molecule has 0 aliphatic heterocycles. The first kappa shape index (κ1) is 16.6. The first-order valence-electron chi connectivity index (χ1n) is 5.56.